The molecule has 0 heterocycles. The molecule has 27 heavy (non-hydrogen) atoms. The Morgan fingerprint density at radius 3 is 2.37 bits per heavy atom. The zero-order valence-corrected chi connectivity index (χ0v) is 17.5. The minimum Gasteiger partial charge on any atom is -0.490 e. The van der Waals surface area contributed by atoms with Gasteiger partial charge < -0.3 is 9.47 Å². The third-order valence-corrected chi connectivity index (χ3v) is 4.42. The second-order valence-corrected chi connectivity index (χ2v) is 6.83. The number of hydrogen-bond acceptors (Lipinski definition) is 4. The van der Waals surface area contributed by atoms with Gasteiger partial charge in [-0.2, -0.15) is 5.10 Å². The summed E-state index contributed by atoms with van der Waals surface area (Å²) in [7, 11) is 0. The summed E-state index contributed by atoms with van der Waals surface area (Å²) in [6, 6.07) is 12.9. The first-order valence-corrected chi connectivity index (χ1v) is 9.85. The molecule has 0 radical (unpaired) electrons. The molecule has 2 aromatic carbocycles. The lowest BCUT2D eigenvalue weighted by atomic mass is 10.1. The molecule has 1 N–H and O–H groups in total. The van der Waals surface area contributed by atoms with E-state index in [9.17, 15) is 4.79 Å². The van der Waals surface area contributed by atoms with Gasteiger partial charge >= 0.3 is 0 Å². The summed E-state index contributed by atoms with van der Waals surface area (Å²) in [5.41, 5.74) is 4.67. The smallest absolute Gasteiger partial charge is 0.272 e. The van der Waals surface area contributed by atoms with Gasteiger partial charge in [-0.15, -0.1) is 0 Å². The molecule has 0 fully saturated rings. The summed E-state index contributed by atoms with van der Waals surface area (Å²) in [5.74, 6) is 1.14. The number of carbonyl (C=O) groups excluding carboxylic acids is 1. The molecule has 2 aromatic rings. The van der Waals surface area contributed by atoms with Crippen LogP contribution in [0, 0.1) is 0 Å². The van der Waals surface area contributed by atoms with Crippen LogP contribution in [0.25, 0.3) is 0 Å². The minimum atomic E-state index is -0.271. The van der Waals surface area contributed by atoms with Crippen molar-refractivity contribution in [3.05, 3.63) is 58.1 Å². The molecular formula is C21H25BrN2O3. The molecule has 144 valence electrons. The van der Waals surface area contributed by atoms with Crippen molar-refractivity contribution in [2.45, 2.75) is 33.6 Å². The van der Waals surface area contributed by atoms with Gasteiger partial charge in [0.2, 0.25) is 0 Å². The maximum Gasteiger partial charge on any atom is 0.272 e. The lowest BCUT2D eigenvalue weighted by molar-refractivity contribution is 0.0954. The number of halogens is 1. The molecule has 2 rings (SSSR count). The summed E-state index contributed by atoms with van der Waals surface area (Å²) in [4.78, 5) is 12.3. The van der Waals surface area contributed by atoms with Crippen molar-refractivity contribution in [1.29, 1.82) is 0 Å². The van der Waals surface area contributed by atoms with E-state index in [-0.39, 0.29) is 5.91 Å². The highest BCUT2D eigenvalue weighted by Crippen LogP contribution is 2.29. The largest absolute Gasteiger partial charge is 0.490 e. The van der Waals surface area contributed by atoms with Gasteiger partial charge in [0.25, 0.3) is 5.91 Å². The Morgan fingerprint density at radius 1 is 1.04 bits per heavy atom. The predicted molar refractivity (Wildman–Crippen MR) is 112 cm³/mol. The molecule has 0 aliphatic heterocycles. The van der Waals surface area contributed by atoms with Gasteiger partial charge in [0.15, 0.2) is 11.5 Å². The topological polar surface area (TPSA) is 59.9 Å². The van der Waals surface area contributed by atoms with Crippen molar-refractivity contribution in [2.24, 2.45) is 5.10 Å². The van der Waals surface area contributed by atoms with Gasteiger partial charge in [-0.25, -0.2) is 5.43 Å². The van der Waals surface area contributed by atoms with E-state index in [0.717, 1.165) is 28.6 Å². The fourth-order valence-corrected chi connectivity index (χ4v) is 2.76. The molecule has 0 unspecified atom stereocenters. The molecule has 0 saturated heterocycles. The number of nitrogens with zero attached hydrogens (tertiary/aromatic N) is 1. The van der Waals surface area contributed by atoms with Crippen molar-refractivity contribution in [2.75, 3.05) is 13.2 Å². The lowest BCUT2D eigenvalue weighted by Gasteiger charge is -2.13. The predicted octanol–water partition coefficient (Wildman–Crippen LogP) is 5.18. The van der Waals surface area contributed by atoms with Crippen LogP contribution in [0.2, 0.25) is 0 Å². The van der Waals surface area contributed by atoms with Crippen LogP contribution in [-0.2, 0) is 0 Å². The number of benzene rings is 2. The van der Waals surface area contributed by atoms with Crippen LogP contribution >= 0.6 is 15.9 Å². The second kappa shape index (κ2) is 10.7. The highest BCUT2D eigenvalue weighted by atomic mass is 79.9. The quantitative estimate of drug-likeness (QED) is 0.438. The SMILES string of the molecule is CCCOc1ccc(/C(C)=N/NC(=O)c2ccccc2Br)cc1OCCC. The monoisotopic (exact) mass is 432 g/mol. The van der Waals surface area contributed by atoms with Crippen molar-refractivity contribution < 1.29 is 14.3 Å². The first-order valence-electron chi connectivity index (χ1n) is 9.06. The van der Waals surface area contributed by atoms with Crippen molar-refractivity contribution in [3.63, 3.8) is 0 Å². The van der Waals surface area contributed by atoms with E-state index in [2.05, 4.69) is 40.3 Å². The molecule has 0 atom stereocenters. The molecule has 0 aliphatic rings. The zero-order chi connectivity index (χ0) is 19.6. The normalized spacial score (nSPS) is 11.2. The number of rotatable bonds is 9. The molecule has 0 bridgehead atoms. The summed E-state index contributed by atoms with van der Waals surface area (Å²) < 4.78 is 12.3. The Balaban J connectivity index is 2.16. The Kier molecular flexibility index (Phi) is 8.33. The number of carbonyl (C=O) groups is 1. The Bertz CT molecular complexity index is 806. The van der Waals surface area contributed by atoms with Crippen LogP contribution in [0.15, 0.2) is 52.0 Å². The average molecular weight is 433 g/mol. The Labute approximate surface area is 168 Å². The molecule has 5 nitrogen and oxygen atoms in total. The van der Waals surface area contributed by atoms with Crippen molar-refractivity contribution in [1.82, 2.24) is 5.43 Å². The summed E-state index contributed by atoms with van der Waals surface area (Å²) >= 11 is 3.37. The highest BCUT2D eigenvalue weighted by Gasteiger charge is 2.11. The van der Waals surface area contributed by atoms with E-state index in [0.29, 0.717) is 30.2 Å². The van der Waals surface area contributed by atoms with Crippen LogP contribution in [-0.4, -0.2) is 24.8 Å². The van der Waals surface area contributed by atoms with E-state index in [4.69, 9.17) is 9.47 Å². The molecule has 0 spiro atoms. The maximum atomic E-state index is 12.3. The van der Waals surface area contributed by atoms with Crippen LogP contribution in [0.3, 0.4) is 0 Å². The van der Waals surface area contributed by atoms with Crippen LogP contribution < -0.4 is 14.9 Å². The lowest BCUT2D eigenvalue weighted by Crippen LogP contribution is -2.19. The van der Waals surface area contributed by atoms with Gasteiger partial charge in [-0.3, -0.25) is 4.79 Å². The molecule has 0 saturated carbocycles. The first kappa shape index (κ1) is 21.0. The maximum absolute atomic E-state index is 12.3. The zero-order valence-electron chi connectivity index (χ0n) is 15.9. The molecule has 0 aliphatic carbocycles. The van der Waals surface area contributed by atoms with Gasteiger partial charge in [-0.05, 0) is 66.0 Å². The van der Waals surface area contributed by atoms with Crippen molar-refractivity contribution in [3.8, 4) is 11.5 Å². The Hall–Kier alpha value is -2.34. The minimum absolute atomic E-state index is 0.271. The second-order valence-electron chi connectivity index (χ2n) is 5.98. The van der Waals surface area contributed by atoms with E-state index in [1.165, 1.54) is 0 Å². The summed E-state index contributed by atoms with van der Waals surface area (Å²) in [5, 5.41) is 4.22. The van der Waals surface area contributed by atoms with E-state index >= 15 is 0 Å². The van der Waals surface area contributed by atoms with E-state index in [1.807, 2.05) is 43.3 Å². The van der Waals surface area contributed by atoms with Crippen LogP contribution in [0.5, 0.6) is 11.5 Å². The average Bonchev–Trinajstić information content (AvgIpc) is 2.69. The number of ether oxygens (including phenoxy) is 2. The molecule has 6 heteroatoms. The third-order valence-electron chi connectivity index (χ3n) is 3.73. The molecule has 1 amide bonds. The first-order chi connectivity index (χ1) is 13.1. The third kappa shape index (κ3) is 6.10. The van der Waals surface area contributed by atoms with Gasteiger partial charge in [0, 0.05) is 10.0 Å². The van der Waals surface area contributed by atoms with Gasteiger partial charge in [-0.1, -0.05) is 26.0 Å². The van der Waals surface area contributed by atoms with Crippen LogP contribution in [0.4, 0.5) is 0 Å². The van der Waals surface area contributed by atoms with Crippen LogP contribution in [0.1, 0.15) is 49.5 Å². The summed E-state index contributed by atoms with van der Waals surface area (Å²) in [6.45, 7) is 7.20. The molecular weight excluding hydrogens is 408 g/mol. The highest BCUT2D eigenvalue weighted by molar-refractivity contribution is 9.10. The van der Waals surface area contributed by atoms with E-state index in [1.54, 1.807) is 6.07 Å². The number of nitrogens with one attached hydrogen (secondary N) is 1. The van der Waals surface area contributed by atoms with E-state index < -0.39 is 0 Å². The number of amides is 1. The standard InChI is InChI=1S/C21H25BrN2O3/c1-4-12-26-19-11-10-16(14-20(19)27-13-5-2)15(3)23-24-21(25)17-8-6-7-9-18(17)22/h6-11,14H,4-5,12-13H2,1-3H3,(H,24,25)/b23-15+. The Morgan fingerprint density at radius 2 is 1.70 bits per heavy atom. The van der Waals surface area contributed by atoms with Crippen molar-refractivity contribution >= 4 is 27.5 Å². The van der Waals surface area contributed by atoms with Gasteiger partial charge in [0.05, 0.1) is 24.5 Å². The number of hydrazone groups is 1. The molecule has 0 aromatic heterocycles. The summed E-state index contributed by atoms with van der Waals surface area (Å²) in [6.07, 6.45) is 1.84. The fraction of sp³-hybridized carbons (Fsp3) is 0.333. The van der Waals surface area contributed by atoms with Gasteiger partial charge in [0.1, 0.15) is 0 Å². The number of hydrogen-bond donors (Lipinski definition) is 1. The fourth-order valence-electron chi connectivity index (χ4n) is 2.29.